The molecule has 2 aromatic heterocycles. The van der Waals surface area contributed by atoms with Crippen molar-refractivity contribution >= 4 is 44.1 Å². The minimum atomic E-state index is -3.42. The Kier molecular flexibility index (Phi) is 5.40. The van der Waals surface area contributed by atoms with Crippen LogP contribution in [0.25, 0.3) is 21.9 Å². The molecule has 0 atom stereocenters. The molecule has 0 spiro atoms. The first-order chi connectivity index (χ1) is 16.6. The maximum Gasteiger partial charge on any atom is 0.413 e. The van der Waals surface area contributed by atoms with Crippen LogP contribution in [0.2, 0.25) is 0 Å². The molecule has 0 aliphatic carbocycles. The predicted octanol–water partition coefficient (Wildman–Crippen LogP) is 2.26. The summed E-state index contributed by atoms with van der Waals surface area (Å²) >= 11 is 0. The predicted molar refractivity (Wildman–Crippen MR) is 129 cm³/mol. The van der Waals surface area contributed by atoms with Gasteiger partial charge >= 0.3 is 6.09 Å². The van der Waals surface area contributed by atoms with Gasteiger partial charge in [0.2, 0.25) is 15.9 Å². The van der Waals surface area contributed by atoms with Gasteiger partial charge in [0.25, 0.3) is 0 Å². The third kappa shape index (κ3) is 3.86. The molecule has 35 heavy (non-hydrogen) atoms. The van der Waals surface area contributed by atoms with Gasteiger partial charge in [0.15, 0.2) is 5.82 Å². The van der Waals surface area contributed by atoms with Gasteiger partial charge in [0.05, 0.1) is 18.0 Å². The van der Waals surface area contributed by atoms with E-state index in [-0.39, 0.29) is 30.2 Å². The molecule has 11 nitrogen and oxygen atoms in total. The Hall–Kier alpha value is -3.71. The zero-order valence-corrected chi connectivity index (χ0v) is 19.8. The highest BCUT2D eigenvalue weighted by Gasteiger charge is 2.40. The van der Waals surface area contributed by atoms with Crippen LogP contribution in [0.4, 0.5) is 26.4 Å². The highest BCUT2D eigenvalue weighted by Crippen LogP contribution is 2.40. The summed E-state index contributed by atoms with van der Waals surface area (Å²) in [7, 11) is -3.42. The molecule has 0 radical (unpaired) electrons. The van der Waals surface area contributed by atoms with E-state index in [1.807, 2.05) is 6.92 Å². The van der Waals surface area contributed by atoms with E-state index in [2.05, 4.69) is 15.3 Å². The first-order valence-electron chi connectivity index (χ1n) is 10.8. The molecule has 3 aromatic rings. The first-order valence-corrected chi connectivity index (χ1v) is 12.6. The number of benzene rings is 1. The number of rotatable bonds is 4. The zero-order chi connectivity index (χ0) is 25.1. The van der Waals surface area contributed by atoms with Crippen molar-refractivity contribution < 1.29 is 27.4 Å². The number of sulfonamides is 1. The number of fused-ring (bicyclic) bond motifs is 2. The number of aromatic nitrogens is 2. The average molecular weight is 503 g/mol. The molecule has 1 fully saturated rings. The standard InChI is InChI=1S/C22H23FN6O5S/c1-11-15(7-27-21-20(11)25-3-4-34-21)14-5-12-6-17(26-8-16(12)19(24)18(14)23)29(22(30)31)13-9-28(10-13)35(2,32)33/h5-8,13,25H,3-4,9-10,24H2,1-2H3,(H,30,31). The van der Waals surface area contributed by atoms with Gasteiger partial charge in [-0.05, 0) is 30.0 Å². The molecule has 184 valence electrons. The molecule has 13 heteroatoms. The monoisotopic (exact) mass is 502 g/mol. The SMILES string of the molecule is Cc1c(-c2cc3cc(N(C(=O)O)C4CN(S(C)(=O)=O)C4)ncc3c(N)c2F)cnc2c1NCCO2. The van der Waals surface area contributed by atoms with Gasteiger partial charge in [-0.15, -0.1) is 0 Å². The molecule has 0 unspecified atom stereocenters. The van der Waals surface area contributed by atoms with Crippen LogP contribution >= 0.6 is 0 Å². The summed E-state index contributed by atoms with van der Waals surface area (Å²) in [6.07, 6.45) is 2.64. The fourth-order valence-corrected chi connectivity index (χ4v) is 5.28. The van der Waals surface area contributed by atoms with Gasteiger partial charge in [-0.3, -0.25) is 4.90 Å². The number of nitrogens with two attached hydrogens (primary N) is 1. The number of anilines is 3. The van der Waals surface area contributed by atoms with Crippen LogP contribution in [0.15, 0.2) is 24.5 Å². The Morgan fingerprint density at radius 3 is 2.71 bits per heavy atom. The molecule has 2 aliphatic rings. The molecule has 4 heterocycles. The van der Waals surface area contributed by atoms with Crippen molar-refractivity contribution in [1.82, 2.24) is 14.3 Å². The summed E-state index contributed by atoms with van der Waals surface area (Å²) in [5, 5.41) is 13.8. The van der Waals surface area contributed by atoms with Crippen molar-refractivity contribution in [1.29, 1.82) is 0 Å². The number of pyridine rings is 2. The summed E-state index contributed by atoms with van der Waals surface area (Å²) in [4.78, 5) is 21.5. The molecule has 1 saturated heterocycles. The average Bonchev–Trinajstić information content (AvgIpc) is 2.77. The molecule has 1 amide bonds. The largest absolute Gasteiger partial charge is 0.474 e. The van der Waals surface area contributed by atoms with E-state index in [0.29, 0.717) is 41.1 Å². The van der Waals surface area contributed by atoms with Crippen LogP contribution in [-0.4, -0.2) is 72.4 Å². The van der Waals surface area contributed by atoms with Gasteiger partial charge in [0, 0.05) is 48.5 Å². The molecule has 4 N–H and O–H groups in total. The number of halogens is 1. The summed E-state index contributed by atoms with van der Waals surface area (Å²) in [6.45, 7) is 2.95. The fourth-order valence-electron chi connectivity index (χ4n) is 4.40. The third-order valence-electron chi connectivity index (χ3n) is 6.34. The van der Waals surface area contributed by atoms with Gasteiger partial charge in [-0.25, -0.2) is 27.6 Å². The highest BCUT2D eigenvalue weighted by atomic mass is 32.2. The van der Waals surface area contributed by atoms with Gasteiger partial charge in [-0.2, -0.15) is 4.31 Å². The van der Waals surface area contributed by atoms with Gasteiger partial charge < -0.3 is 20.9 Å². The summed E-state index contributed by atoms with van der Waals surface area (Å²) in [5.74, 6) is -0.0964. The van der Waals surface area contributed by atoms with Crippen LogP contribution in [0.1, 0.15) is 5.56 Å². The maximum atomic E-state index is 15.4. The summed E-state index contributed by atoms with van der Waals surface area (Å²) in [5.41, 5.74) is 8.14. The number of nitrogen functional groups attached to an aromatic ring is 1. The van der Waals surface area contributed by atoms with Crippen LogP contribution in [0.5, 0.6) is 5.88 Å². The molecule has 5 rings (SSSR count). The minimum Gasteiger partial charge on any atom is -0.474 e. The first kappa shape index (κ1) is 23.1. The van der Waals surface area contributed by atoms with Crippen molar-refractivity contribution in [3.8, 4) is 17.0 Å². The second-order valence-electron chi connectivity index (χ2n) is 8.55. The van der Waals surface area contributed by atoms with Crippen molar-refractivity contribution in [3.63, 3.8) is 0 Å². The summed E-state index contributed by atoms with van der Waals surface area (Å²) in [6, 6.07) is 2.49. The van der Waals surface area contributed by atoms with Crippen molar-refractivity contribution in [3.05, 3.63) is 35.9 Å². The van der Waals surface area contributed by atoms with Crippen molar-refractivity contribution in [2.24, 2.45) is 0 Å². The molecule has 1 aromatic carbocycles. The number of carbonyl (C=O) groups is 1. The second-order valence-corrected chi connectivity index (χ2v) is 10.5. The van der Waals surface area contributed by atoms with Gasteiger partial charge in [-0.1, -0.05) is 0 Å². The number of nitrogens with one attached hydrogen (secondary N) is 1. The number of hydrogen-bond acceptors (Lipinski definition) is 8. The normalized spacial score (nSPS) is 16.2. The van der Waals surface area contributed by atoms with E-state index in [1.165, 1.54) is 22.8 Å². The Morgan fingerprint density at radius 1 is 1.29 bits per heavy atom. The van der Waals surface area contributed by atoms with Crippen LogP contribution < -0.4 is 20.7 Å². The van der Waals surface area contributed by atoms with Crippen LogP contribution in [0.3, 0.4) is 0 Å². The lowest BCUT2D eigenvalue weighted by Gasteiger charge is -2.42. The van der Waals surface area contributed by atoms with E-state index < -0.39 is 28.0 Å². The molecular weight excluding hydrogens is 479 g/mol. The number of amides is 1. The Morgan fingerprint density at radius 2 is 2.03 bits per heavy atom. The summed E-state index contributed by atoms with van der Waals surface area (Å²) < 4.78 is 45.5. The number of hydrogen-bond donors (Lipinski definition) is 3. The third-order valence-corrected chi connectivity index (χ3v) is 7.57. The number of carboxylic acid groups (broad SMARTS) is 1. The Labute approximate surface area is 200 Å². The van der Waals surface area contributed by atoms with Crippen molar-refractivity contribution in [2.45, 2.75) is 13.0 Å². The Balaban J connectivity index is 1.58. The fraction of sp³-hybridized carbons (Fsp3) is 0.318. The van der Waals surface area contributed by atoms with Gasteiger partial charge in [0.1, 0.15) is 18.1 Å². The number of ether oxygens (including phenoxy) is 1. The van der Waals surface area contributed by atoms with E-state index in [4.69, 9.17) is 10.5 Å². The van der Waals surface area contributed by atoms with E-state index in [0.717, 1.165) is 16.7 Å². The van der Waals surface area contributed by atoms with E-state index in [1.54, 1.807) is 6.07 Å². The lowest BCUT2D eigenvalue weighted by molar-refractivity contribution is 0.184. The lowest BCUT2D eigenvalue weighted by Crippen LogP contribution is -2.62. The van der Waals surface area contributed by atoms with Crippen molar-refractivity contribution in [2.75, 3.05) is 48.4 Å². The van der Waals surface area contributed by atoms with Crippen LogP contribution in [-0.2, 0) is 10.0 Å². The molecule has 0 bridgehead atoms. The Bertz CT molecular complexity index is 1480. The molecule has 0 saturated carbocycles. The quantitative estimate of drug-likeness (QED) is 0.456. The minimum absolute atomic E-state index is 0.0245. The van der Waals surface area contributed by atoms with E-state index in [9.17, 15) is 18.3 Å². The maximum absolute atomic E-state index is 15.4. The lowest BCUT2D eigenvalue weighted by atomic mass is 9.97. The van der Waals surface area contributed by atoms with E-state index >= 15 is 4.39 Å². The zero-order valence-electron chi connectivity index (χ0n) is 18.9. The number of nitrogens with zero attached hydrogens (tertiary/aromatic N) is 4. The van der Waals surface area contributed by atoms with Crippen LogP contribution in [0, 0.1) is 12.7 Å². The molecule has 2 aliphatic heterocycles. The highest BCUT2D eigenvalue weighted by molar-refractivity contribution is 7.88. The second kappa shape index (κ2) is 8.20. The topological polar surface area (TPSA) is 151 Å². The smallest absolute Gasteiger partial charge is 0.413 e. The molecular formula is C22H23FN6O5S.